The highest BCUT2D eigenvalue weighted by atomic mass is 32.1. The highest BCUT2D eigenvalue weighted by Gasteiger charge is 2.28. The molecule has 1 saturated carbocycles. The van der Waals surface area contributed by atoms with Crippen molar-refractivity contribution in [1.82, 2.24) is 9.78 Å². The number of ether oxygens (including phenoxy) is 1. The maximum absolute atomic E-state index is 12.8. The Morgan fingerprint density at radius 1 is 1.15 bits per heavy atom. The highest BCUT2D eigenvalue weighted by Crippen LogP contribution is 2.27. The Balaban J connectivity index is 1.69. The lowest BCUT2D eigenvalue weighted by Gasteiger charge is -2.20. The van der Waals surface area contributed by atoms with Crippen LogP contribution in [0.15, 0.2) is 53.9 Å². The molecule has 6 heteroatoms. The number of carbonyl (C=O) groups excluding carboxylic acids is 2. The zero-order chi connectivity index (χ0) is 17.9. The lowest BCUT2D eigenvalue weighted by Crippen LogP contribution is -2.30. The Bertz CT molecular complexity index is 916. The van der Waals surface area contributed by atoms with Gasteiger partial charge in [-0.05, 0) is 42.8 Å². The maximum atomic E-state index is 12.8. The number of hydrogen-bond donors (Lipinski definition) is 0. The Morgan fingerprint density at radius 3 is 2.73 bits per heavy atom. The molecule has 1 aliphatic rings. The van der Waals surface area contributed by atoms with Gasteiger partial charge in [-0.1, -0.05) is 24.3 Å². The summed E-state index contributed by atoms with van der Waals surface area (Å²) >= 11 is 1.56. The number of esters is 1. The summed E-state index contributed by atoms with van der Waals surface area (Å²) in [5, 5.41) is 6.57. The first-order chi connectivity index (χ1) is 12.7. The fourth-order valence-electron chi connectivity index (χ4n) is 3.10. The number of ketones is 1. The van der Waals surface area contributed by atoms with Crippen molar-refractivity contribution in [2.45, 2.75) is 31.8 Å². The van der Waals surface area contributed by atoms with E-state index in [4.69, 9.17) is 4.74 Å². The number of aromatic nitrogens is 2. The van der Waals surface area contributed by atoms with E-state index >= 15 is 0 Å². The number of nitrogens with zero attached hydrogens (tertiary/aromatic N) is 2. The topological polar surface area (TPSA) is 61.2 Å². The molecule has 132 valence electrons. The van der Waals surface area contributed by atoms with E-state index < -0.39 is 12.1 Å². The molecular weight excluding hydrogens is 348 g/mol. The average Bonchev–Trinajstić information content (AvgIpc) is 3.34. The molecule has 0 saturated heterocycles. The molecule has 0 radical (unpaired) electrons. The maximum Gasteiger partial charge on any atom is 0.357 e. The van der Waals surface area contributed by atoms with Gasteiger partial charge in [-0.25, -0.2) is 9.48 Å². The highest BCUT2D eigenvalue weighted by molar-refractivity contribution is 7.13. The molecule has 1 atom stereocenters. The van der Waals surface area contributed by atoms with E-state index in [0.717, 1.165) is 23.4 Å². The second-order valence-corrected chi connectivity index (χ2v) is 7.19. The van der Waals surface area contributed by atoms with Crippen LogP contribution in [0.5, 0.6) is 0 Å². The van der Waals surface area contributed by atoms with Gasteiger partial charge in [-0.15, -0.1) is 11.3 Å². The van der Waals surface area contributed by atoms with Crippen LogP contribution in [0.2, 0.25) is 0 Å². The van der Waals surface area contributed by atoms with Crippen LogP contribution in [0.3, 0.4) is 0 Å². The summed E-state index contributed by atoms with van der Waals surface area (Å²) in [6, 6.07) is 15.1. The second kappa shape index (κ2) is 7.25. The van der Waals surface area contributed by atoms with Crippen LogP contribution >= 0.6 is 11.3 Å². The minimum Gasteiger partial charge on any atom is -0.450 e. The monoisotopic (exact) mass is 366 g/mol. The van der Waals surface area contributed by atoms with E-state index in [2.05, 4.69) is 5.10 Å². The normalized spacial score (nSPS) is 17.2. The van der Waals surface area contributed by atoms with Crippen molar-refractivity contribution in [2.24, 2.45) is 0 Å². The molecule has 26 heavy (non-hydrogen) atoms. The van der Waals surface area contributed by atoms with Crippen LogP contribution < -0.4 is 0 Å². The molecule has 1 aromatic carbocycles. The van der Waals surface area contributed by atoms with Crippen molar-refractivity contribution in [3.63, 3.8) is 0 Å². The summed E-state index contributed by atoms with van der Waals surface area (Å²) in [7, 11) is 0. The molecule has 1 aliphatic carbocycles. The number of carbonyl (C=O) groups is 2. The molecule has 3 aromatic rings. The zero-order valence-electron chi connectivity index (χ0n) is 14.1. The van der Waals surface area contributed by atoms with E-state index in [9.17, 15) is 9.59 Å². The van der Waals surface area contributed by atoms with Crippen molar-refractivity contribution < 1.29 is 14.3 Å². The Kier molecular flexibility index (Phi) is 4.67. The summed E-state index contributed by atoms with van der Waals surface area (Å²) in [5.74, 6) is -0.502. The number of benzene rings is 1. The van der Waals surface area contributed by atoms with Crippen LogP contribution in [-0.4, -0.2) is 27.6 Å². The third-order valence-electron chi connectivity index (χ3n) is 4.44. The van der Waals surface area contributed by atoms with Gasteiger partial charge in [-0.3, -0.25) is 4.79 Å². The van der Waals surface area contributed by atoms with E-state index in [1.807, 2.05) is 47.8 Å². The fourth-order valence-corrected chi connectivity index (χ4v) is 3.78. The molecule has 0 spiro atoms. The van der Waals surface area contributed by atoms with Gasteiger partial charge < -0.3 is 4.74 Å². The molecule has 1 fully saturated rings. The van der Waals surface area contributed by atoms with E-state index in [-0.39, 0.29) is 5.78 Å². The Labute approximate surface area is 155 Å². The Hall–Kier alpha value is -2.73. The number of rotatable bonds is 4. The number of thiophene rings is 1. The van der Waals surface area contributed by atoms with Crippen molar-refractivity contribution in [3.8, 4) is 16.3 Å². The van der Waals surface area contributed by atoms with Gasteiger partial charge in [0.1, 0.15) is 5.69 Å². The predicted octanol–water partition coefficient (Wildman–Crippen LogP) is 4.27. The van der Waals surface area contributed by atoms with Crippen LogP contribution in [0.4, 0.5) is 0 Å². The van der Waals surface area contributed by atoms with Crippen LogP contribution in [0, 0.1) is 0 Å². The summed E-state index contributed by atoms with van der Waals surface area (Å²) in [6.07, 6.45) is 2.22. The Morgan fingerprint density at radius 2 is 2.00 bits per heavy atom. The first-order valence-corrected chi connectivity index (χ1v) is 9.53. The van der Waals surface area contributed by atoms with Crippen LogP contribution in [0.1, 0.15) is 36.2 Å². The molecule has 0 N–H and O–H groups in total. The van der Waals surface area contributed by atoms with Gasteiger partial charge in [0.05, 0.1) is 10.6 Å². The SMILES string of the molecule is O=C(O[C@H]1CCCCC1=O)c1cc(-c2cccs2)nn1-c1ccccc1. The van der Waals surface area contributed by atoms with Crippen molar-refractivity contribution >= 4 is 23.1 Å². The first kappa shape index (κ1) is 16.7. The first-order valence-electron chi connectivity index (χ1n) is 8.65. The van der Waals surface area contributed by atoms with Crippen LogP contribution in [0.25, 0.3) is 16.3 Å². The predicted molar refractivity (Wildman–Crippen MR) is 99.6 cm³/mol. The lowest BCUT2D eigenvalue weighted by molar-refractivity contribution is -0.129. The zero-order valence-corrected chi connectivity index (χ0v) is 14.9. The van der Waals surface area contributed by atoms with Gasteiger partial charge in [0.25, 0.3) is 0 Å². The van der Waals surface area contributed by atoms with Crippen molar-refractivity contribution in [1.29, 1.82) is 0 Å². The van der Waals surface area contributed by atoms with E-state index in [1.165, 1.54) is 0 Å². The van der Waals surface area contributed by atoms with E-state index in [0.29, 0.717) is 24.2 Å². The second-order valence-electron chi connectivity index (χ2n) is 6.25. The molecular formula is C20H18N2O3S. The third-order valence-corrected chi connectivity index (χ3v) is 5.33. The lowest BCUT2D eigenvalue weighted by atomic mass is 9.96. The van der Waals surface area contributed by atoms with E-state index in [1.54, 1.807) is 22.1 Å². The molecule has 0 bridgehead atoms. The smallest absolute Gasteiger partial charge is 0.357 e. The third kappa shape index (κ3) is 3.32. The molecule has 4 rings (SSSR count). The standard InChI is InChI=1S/C20H18N2O3S/c23-17-9-4-5-10-18(17)25-20(24)16-13-15(19-11-6-12-26-19)21-22(16)14-7-2-1-3-8-14/h1-3,6-8,11-13,18H,4-5,9-10H2/t18-/m0/s1. The van der Waals surface area contributed by atoms with Gasteiger partial charge in [-0.2, -0.15) is 5.10 Å². The van der Waals surface area contributed by atoms with Crippen molar-refractivity contribution in [3.05, 3.63) is 59.6 Å². The van der Waals surface area contributed by atoms with Gasteiger partial charge >= 0.3 is 5.97 Å². The number of hydrogen-bond acceptors (Lipinski definition) is 5. The largest absolute Gasteiger partial charge is 0.450 e. The molecule has 2 aromatic heterocycles. The van der Waals surface area contributed by atoms with Crippen LogP contribution in [-0.2, 0) is 9.53 Å². The summed E-state index contributed by atoms with van der Waals surface area (Å²) in [5.41, 5.74) is 1.82. The molecule has 0 amide bonds. The van der Waals surface area contributed by atoms with Crippen molar-refractivity contribution in [2.75, 3.05) is 0 Å². The number of para-hydroxylation sites is 1. The summed E-state index contributed by atoms with van der Waals surface area (Å²) < 4.78 is 7.12. The molecule has 2 heterocycles. The van der Waals surface area contributed by atoms with Gasteiger partial charge in [0.2, 0.25) is 0 Å². The van der Waals surface area contributed by atoms with Gasteiger partial charge in [0.15, 0.2) is 17.6 Å². The molecule has 5 nitrogen and oxygen atoms in total. The quantitative estimate of drug-likeness (QED) is 0.647. The average molecular weight is 366 g/mol. The molecule has 0 unspecified atom stereocenters. The van der Waals surface area contributed by atoms with Gasteiger partial charge in [0, 0.05) is 12.5 Å². The summed E-state index contributed by atoms with van der Waals surface area (Å²) in [6.45, 7) is 0. The molecule has 0 aliphatic heterocycles. The number of Topliss-reactive ketones (excluding diaryl/α,β-unsaturated/α-hetero) is 1. The minimum absolute atomic E-state index is 0.00820. The summed E-state index contributed by atoms with van der Waals surface area (Å²) in [4.78, 5) is 25.8. The fraction of sp³-hybridized carbons (Fsp3) is 0.250. The minimum atomic E-state index is -0.638.